The Hall–Kier alpha value is -1.18. The molecule has 0 aromatic heterocycles. The van der Waals surface area contributed by atoms with Crippen molar-refractivity contribution < 1.29 is 9.84 Å². The number of phenolic OH excluding ortho intramolecular Hbond substituents is 1. The van der Waals surface area contributed by atoms with Crippen LogP contribution in [0.15, 0.2) is 18.2 Å². The highest BCUT2D eigenvalue weighted by atomic mass is 16.5. The summed E-state index contributed by atoms with van der Waals surface area (Å²) in [4.78, 5) is 0. The Morgan fingerprint density at radius 2 is 1.48 bits per heavy atom. The molecule has 0 spiro atoms. The summed E-state index contributed by atoms with van der Waals surface area (Å²) >= 11 is 0. The van der Waals surface area contributed by atoms with E-state index in [0.717, 1.165) is 31.6 Å². The number of benzene rings is 1. The topological polar surface area (TPSA) is 29.5 Å². The van der Waals surface area contributed by atoms with E-state index < -0.39 is 0 Å². The molecule has 0 radical (unpaired) electrons. The molecule has 0 bridgehead atoms. The minimum atomic E-state index is 0.321. The van der Waals surface area contributed by atoms with Crippen molar-refractivity contribution in [3.05, 3.63) is 23.8 Å². The third-order valence-electron chi connectivity index (χ3n) is 3.79. The Bertz CT molecular complexity index is 374. The highest BCUT2D eigenvalue weighted by molar-refractivity contribution is 5.37. The van der Waals surface area contributed by atoms with Crippen molar-refractivity contribution >= 4 is 0 Å². The summed E-state index contributed by atoms with van der Waals surface area (Å²) < 4.78 is 5.68. The van der Waals surface area contributed by atoms with Crippen molar-refractivity contribution in [3.8, 4) is 11.5 Å². The zero-order valence-electron chi connectivity index (χ0n) is 13.9. The molecule has 0 aliphatic carbocycles. The van der Waals surface area contributed by atoms with Gasteiger partial charge in [-0.15, -0.1) is 0 Å². The van der Waals surface area contributed by atoms with Gasteiger partial charge in [-0.25, -0.2) is 0 Å². The lowest BCUT2D eigenvalue weighted by molar-refractivity contribution is 0.307. The van der Waals surface area contributed by atoms with Crippen LogP contribution in [0.2, 0.25) is 0 Å². The Kier molecular flexibility index (Phi) is 9.77. The van der Waals surface area contributed by atoms with Crippen molar-refractivity contribution in [1.82, 2.24) is 0 Å². The van der Waals surface area contributed by atoms with Gasteiger partial charge in [0.05, 0.1) is 6.61 Å². The van der Waals surface area contributed by atoms with Crippen molar-refractivity contribution in [3.63, 3.8) is 0 Å². The molecular formula is C19H32O2. The summed E-state index contributed by atoms with van der Waals surface area (Å²) in [5.41, 5.74) is 1.19. The van der Waals surface area contributed by atoms with Crippen LogP contribution in [-0.4, -0.2) is 11.7 Å². The van der Waals surface area contributed by atoms with Gasteiger partial charge in [0.2, 0.25) is 0 Å². The molecular weight excluding hydrogens is 260 g/mol. The Morgan fingerprint density at radius 1 is 0.810 bits per heavy atom. The van der Waals surface area contributed by atoms with Crippen LogP contribution in [0.3, 0.4) is 0 Å². The SMILES string of the molecule is CCCCCCCCCc1cc(O)cc(OCCCC)c1. The Labute approximate surface area is 130 Å². The molecule has 0 saturated carbocycles. The van der Waals surface area contributed by atoms with Crippen LogP contribution in [0.5, 0.6) is 11.5 Å². The first-order chi connectivity index (χ1) is 10.3. The molecule has 0 fully saturated rings. The van der Waals surface area contributed by atoms with Crippen molar-refractivity contribution in [1.29, 1.82) is 0 Å². The van der Waals surface area contributed by atoms with E-state index in [2.05, 4.69) is 19.9 Å². The van der Waals surface area contributed by atoms with Crippen LogP contribution in [0.1, 0.15) is 77.2 Å². The lowest BCUT2D eigenvalue weighted by atomic mass is 10.0. The molecule has 0 heterocycles. The summed E-state index contributed by atoms with van der Waals surface area (Å²) in [6.45, 7) is 5.14. The number of unbranched alkanes of at least 4 members (excludes halogenated alkanes) is 7. The van der Waals surface area contributed by atoms with Gasteiger partial charge in [0.15, 0.2) is 0 Å². The fourth-order valence-electron chi connectivity index (χ4n) is 2.49. The monoisotopic (exact) mass is 292 g/mol. The second-order valence-electron chi connectivity index (χ2n) is 5.91. The highest BCUT2D eigenvalue weighted by Gasteiger charge is 2.02. The predicted octanol–water partition coefficient (Wildman–Crippen LogP) is 5.86. The summed E-state index contributed by atoms with van der Waals surface area (Å²) in [7, 11) is 0. The average molecular weight is 292 g/mol. The number of phenols is 1. The fraction of sp³-hybridized carbons (Fsp3) is 0.684. The minimum Gasteiger partial charge on any atom is -0.508 e. The number of ether oxygens (including phenoxy) is 1. The molecule has 21 heavy (non-hydrogen) atoms. The maximum atomic E-state index is 9.77. The van der Waals surface area contributed by atoms with Crippen LogP contribution in [0, 0.1) is 0 Å². The van der Waals surface area contributed by atoms with Gasteiger partial charge in [-0.2, -0.15) is 0 Å². The van der Waals surface area contributed by atoms with Crippen LogP contribution in [-0.2, 0) is 6.42 Å². The standard InChI is InChI=1S/C19H32O2/c1-3-5-7-8-9-10-11-12-17-14-18(20)16-19(15-17)21-13-6-4-2/h14-16,20H,3-13H2,1-2H3. The van der Waals surface area contributed by atoms with E-state index in [-0.39, 0.29) is 0 Å². The molecule has 1 aromatic rings. The van der Waals surface area contributed by atoms with Gasteiger partial charge < -0.3 is 9.84 Å². The third-order valence-corrected chi connectivity index (χ3v) is 3.79. The largest absolute Gasteiger partial charge is 0.508 e. The van der Waals surface area contributed by atoms with E-state index in [9.17, 15) is 5.11 Å². The number of hydrogen-bond donors (Lipinski definition) is 1. The average Bonchev–Trinajstić information content (AvgIpc) is 2.46. The molecule has 1 rings (SSSR count). The molecule has 0 aliphatic rings. The molecule has 0 amide bonds. The first-order valence-electron chi connectivity index (χ1n) is 8.72. The summed E-state index contributed by atoms with van der Waals surface area (Å²) in [5, 5.41) is 9.77. The maximum absolute atomic E-state index is 9.77. The fourth-order valence-corrected chi connectivity index (χ4v) is 2.49. The van der Waals surface area contributed by atoms with Gasteiger partial charge >= 0.3 is 0 Å². The number of hydrogen-bond acceptors (Lipinski definition) is 2. The highest BCUT2D eigenvalue weighted by Crippen LogP contribution is 2.23. The Balaban J connectivity index is 2.27. The second kappa shape index (κ2) is 11.5. The number of aromatic hydroxyl groups is 1. The molecule has 1 aromatic carbocycles. The van der Waals surface area contributed by atoms with Crippen LogP contribution in [0.4, 0.5) is 0 Å². The molecule has 120 valence electrons. The zero-order valence-corrected chi connectivity index (χ0v) is 13.9. The van der Waals surface area contributed by atoms with E-state index in [0.29, 0.717) is 5.75 Å². The summed E-state index contributed by atoms with van der Waals surface area (Å²) in [6, 6.07) is 5.65. The van der Waals surface area contributed by atoms with Gasteiger partial charge in [-0.05, 0) is 37.0 Å². The normalized spacial score (nSPS) is 10.8. The van der Waals surface area contributed by atoms with Gasteiger partial charge in [-0.1, -0.05) is 58.8 Å². The zero-order chi connectivity index (χ0) is 15.3. The molecule has 0 atom stereocenters. The van der Waals surface area contributed by atoms with Crippen LogP contribution >= 0.6 is 0 Å². The predicted molar refractivity (Wildman–Crippen MR) is 90.2 cm³/mol. The van der Waals surface area contributed by atoms with Gasteiger partial charge in [0.1, 0.15) is 11.5 Å². The lowest BCUT2D eigenvalue weighted by Gasteiger charge is -2.09. The minimum absolute atomic E-state index is 0.321. The van der Waals surface area contributed by atoms with E-state index >= 15 is 0 Å². The Morgan fingerprint density at radius 3 is 2.19 bits per heavy atom. The van der Waals surface area contributed by atoms with Crippen molar-refractivity contribution in [2.45, 2.75) is 78.1 Å². The molecule has 0 unspecified atom stereocenters. The second-order valence-corrected chi connectivity index (χ2v) is 5.91. The third kappa shape index (κ3) is 8.64. The molecule has 1 N–H and O–H groups in total. The summed E-state index contributed by atoms with van der Waals surface area (Å²) in [6.07, 6.45) is 12.4. The lowest BCUT2D eigenvalue weighted by Crippen LogP contribution is -1.97. The first-order valence-corrected chi connectivity index (χ1v) is 8.72. The van der Waals surface area contributed by atoms with Crippen LogP contribution in [0.25, 0.3) is 0 Å². The number of rotatable bonds is 12. The van der Waals surface area contributed by atoms with Gasteiger partial charge in [0.25, 0.3) is 0 Å². The molecule has 0 saturated heterocycles. The van der Waals surface area contributed by atoms with E-state index in [4.69, 9.17) is 4.74 Å². The van der Waals surface area contributed by atoms with Gasteiger partial charge in [0, 0.05) is 6.07 Å². The molecule has 0 aliphatic heterocycles. The van der Waals surface area contributed by atoms with E-state index in [1.54, 1.807) is 6.07 Å². The molecule has 2 nitrogen and oxygen atoms in total. The van der Waals surface area contributed by atoms with E-state index in [1.807, 2.05) is 6.07 Å². The molecule has 2 heteroatoms. The van der Waals surface area contributed by atoms with Crippen LogP contribution < -0.4 is 4.74 Å². The van der Waals surface area contributed by atoms with E-state index in [1.165, 1.54) is 50.5 Å². The maximum Gasteiger partial charge on any atom is 0.123 e. The van der Waals surface area contributed by atoms with Crippen molar-refractivity contribution in [2.75, 3.05) is 6.61 Å². The van der Waals surface area contributed by atoms with Gasteiger partial charge in [-0.3, -0.25) is 0 Å². The quantitative estimate of drug-likeness (QED) is 0.489. The summed E-state index contributed by atoms with van der Waals surface area (Å²) in [5.74, 6) is 1.13. The number of aryl methyl sites for hydroxylation is 1. The first kappa shape index (κ1) is 17.9. The smallest absolute Gasteiger partial charge is 0.123 e. The van der Waals surface area contributed by atoms with Crippen molar-refractivity contribution in [2.24, 2.45) is 0 Å².